The van der Waals surface area contributed by atoms with Gasteiger partial charge in [0.1, 0.15) is 24.4 Å². The standard InChI is InChI=1S/C70H127NO8/c1-3-5-7-9-11-13-15-17-19-20-21-22-23-24-25-26-27-28-29-30-31-32-33-34-35-36-37-38-39-40-41-42-43-44-46-48-50-52-54-56-58-60-66(74)71-63(62-78-70-69(77)68(76)67(75)65(61-72)79-70)64(73)59-57-55-53-51-49-47-45-18-16-14-12-10-8-6-4-2/h5,7,11,13,17,19,21-22,24-25,27-28,63-65,67-70,72-73,75-77H,3-4,6,8-10,12,14-16,18,20,23,26,29-62H2,1-2H3,(H,71,74)/b7-5-,13-11-,19-17-,22-21-,25-24-,28-27-. The van der Waals surface area contributed by atoms with Crippen LogP contribution in [0, 0.1) is 0 Å². The number of allylic oxidation sites excluding steroid dienone is 12. The molecule has 0 radical (unpaired) electrons. The summed E-state index contributed by atoms with van der Waals surface area (Å²) in [5, 5.41) is 54.7. The number of nitrogens with one attached hydrogen (secondary N) is 1. The minimum Gasteiger partial charge on any atom is -0.394 e. The lowest BCUT2D eigenvalue weighted by Gasteiger charge is -2.40. The van der Waals surface area contributed by atoms with E-state index in [0.29, 0.717) is 12.8 Å². The highest BCUT2D eigenvalue weighted by Gasteiger charge is 2.44. The molecule has 1 aliphatic heterocycles. The van der Waals surface area contributed by atoms with Crippen LogP contribution in [0.15, 0.2) is 72.9 Å². The molecule has 6 N–H and O–H groups in total. The maximum atomic E-state index is 13.1. The first-order valence-electron chi connectivity index (χ1n) is 33.6. The fourth-order valence-electron chi connectivity index (χ4n) is 10.6. The predicted octanol–water partition coefficient (Wildman–Crippen LogP) is 18.0. The first-order valence-corrected chi connectivity index (χ1v) is 33.6. The van der Waals surface area contributed by atoms with Gasteiger partial charge in [0.15, 0.2) is 6.29 Å². The summed E-state index contributed by atoms with van der Waals surface area (Å²) >= 11 is 0. The molecule has 1 fully saturated rings. The van der Waals surface area contributed by atoms with E-state index in [1.54, 1.807) is 0 Å². The fourth-order valence-corrected chi connectivity index (χ4v) is 10.6. The van der Waals surface area contributed by atoms with Gasteiger partial charge in [-0.15, -0.1) is 0 Å². The van der Waals surface area contributed by atoms with Gasteiger partial charge in [0.05, 0.1) is 25.4 Å². The first-order chi connectivity index (χ1) is 38.8. The summed E-state index contributed by atoms with van der Waals surface area (Å²) < 4.78 is 11.3. The summed E-state index contributed by atoms with van der Waals surface area (Å²) in [5.41, 5.74) is 0. The van der Waals surface area contributed by atoms with E-state index in [2.05, 4.69) is 92.1 Å². The maximum absolute atomic E-state index is 13.1. The predicted molar refractivity (Wildman–Crippen MR) is 336 cm³/mol. The number of rotatable bonds is 58. The van der Waals surface area contributed by atoms with Gasteiger partial charge < -0.3 is 40.3 Å². The molecule has 9 heteroatoms. The van der Waals surface area contributed by atoms with Crippen molar-refractivity contribution in [3.8, 4) is 0 Å². The number of carbonyl (C=O) groups excluding carboxylic acids is 1. The first kappa shape index (κ1) is 74.6. The molecule has 0 saturated carbocycles. The second kappa shape index (κ2) is 58.8. The van der Waals surface area contributed by atoms with Gasteiger partial charge in [0, 0.05) is 6.42 Å². The zero-order valence-electron chi connectivity index (χ0n) is 51.4. The Hall–Kier alpha value is -2.37. The third kappa shape index (κ3) is 47.8. The van der Waals surface area contributed by atoms with Crippen LogP contribution in [0.4, 0.5) is 0 Å². The molecule has 1 aliphatic rings. The van der Waals surface area contributed by atoms with Crippen LogP contribution in [-0.4, -0.2) is 87.5 Å². The second-order valence-corrected chi connectivity index (χ2v) is 23.2. The highest BCUT2D eigenvalue weighted by molar-refractivity contribution is 5.76. The lowest BCUT2D eigenvalue weighted by Crippen LogP contribution is -2.60. The molecule has 1 heterocycles. The Morgan fingerprint density at radius 1 is 0.443 bits per heavy atom. The van der Waals surface area contributed by atoms with Crippen LogP contribution >= 0.6 is 0 Å². The number of hydrogen-bond donors (Lipinski definition) is 6. The minimum absolute atomic E-state index is 0.135. The van der Waals surface area contributed by atoms with Crippen molar-refractivity contribution in [2.75, 3.05) is 13.2 Å². The third-order valence-corrected chi connectivity index (χ3v) is 15.8. The summed E-state index contributed by atoms with van der Waals surface area (Å²) in [5.74, 6) is -0.140. The van der Waals surface area contributed by atoms with Crippen LogP contribution < -0.4 is 5.32 Å². The van der Waals surface area contributed by atoms with Crippen molar-refractivity contribution in [3.63, 3.8) is 0 Å². The number of aliphatic hydroxyl groups excluding tert-OH is 5. The van der Waals surface area contributed by atoms with Crippen LogP contribution in [0.5, 0.6) is 0 Å². The average Bonchev–Trinajstić information content (AvgIpc) is 3.46. The van der Waals surface area contributed by atoms with Crippen LogP contribution in [-0.2, 0) is 14.3 Å². The quantitative estimate of drug-likeness (QED) is 0.0261. The number of aliphatic hydroxyl groups is 5. The largest absolute Gasteiger partial charge is 0.394 e. The van der Waals surface area contributed by atoms with Crippen LogP contribution in [0.1, 0.15) is 309 Å². The maximum Gasteiger partial charge on any atom is 0.220 e. The molecule has 0 aliphatic carbocycles. The number of unbranched alkanes of at least 4 members (excludes halogenated alkanes) is 36. The summed E-state index contributed by atoms with van der Waals surface area (Å²) in [6.07, 6.45) is 75.4. The second-order valence-electron chi connectivity index (χ2n) is 23.2. The monoisotopic (exact) mass is 1110 g/mol. The summed E-state index contributed by atoms with van der Waals surface area (Å²) in [7, 11) is 0. The van der Waals surface area contributed by atoms with Crippen molar-refractivity contribution in [1.29, 1.82) is 0 Å². The Labute approximate surface area is 487 Å². The molecule has 7 unspecified atom stereocenters. The summed E-state index contributed by atoms with van der Waals surface area (Å²) in [6, 6.07) is -0.719. The van der Waals surface area contributed by atoms with Crippen molar-refractivity contribution in [2.24, 2.45) is 0 Å². The van der Waals surface area contributed by atoms with Crippen LogP contribution in [0.25, 0.3) is 0 Å². The van der Waals surface area contributed by atoms with E-state index >= 15 is 0 Å². The molecule has 9 nitrogen and oxygen atoms in total. The average molecular weight is 1110 g/mol. The Bertz CT molecular complexity index is 1470. The fraction of sp³-hybridized carbons (Fsp3) is 0.814. The zero-order chi connectivity index (χ0) is 57.2. The van der Waals surface area contributed by atoms with E-state index < -0.39 is 49.5 Å². The van der Waals surface area contributed by atoms with Crippen molar-refractivity contribution < 1.29 is 39.8 Å². The van der Waals surface area contributed by atoms with Gasteiger partial charge in [0.25, 0.3) is 0 Å². The molecule has 1 saturated heterocycles. The number of ether oxygens (including phenoxy) is 2. The van der Waals surface area contributed by atoms with Crippen molar-refractivity contribution in [3.05, 3.63) is 72.9 Å². The highest BCUT2D eigenvalue weighted by atomic mass is 16.7. The molecular weight excluding hydrogens is 983 g/mol. The van der Waals surface area contributed by atoms with E-state index in [0.717, 1.165) is 77.0 Å². The molecule has 0 spiro atoms. The molecule has 1 rings (SSSR count). The lowest BCUT2D eigenvalue weighted by atomic mass is 9.99. The van der Waals surface area contributed by atoms with E-state index in [9.17, 15) is 30.3 Å². The molecule has 0 aromatic heterocycles. The van der Waals surface area contributed by atoms with Crippen molar-refractivity contribution >= 4 is 5.91 Å². The number of hydrogen-bond acceptors (Lipinski definition) is 8. The summed E-state index contributed by atoms with van der Waals surface area (Å²) in [4.78, 5) is 13.1. The topological polar surface area (TPSA) is 149 Å². The number of amides is 1. The Kier molecular flexibility index (Phi) is 55.6. The van der Waals surface area contributed by atoms with Crippen LogP contribution in [0.2, 0.25) is 0 Å². The minimum atomic E-state index is -1.55. The van der Waals surface area contributed by atoms with Crippen molar-refractivity contribution in [1.82, 2.24) is 5.32 Å². The lowest BCUT2D eigenvalue weighted by molar-refractivity contribution is -0.302. The Morgan fingerprint density at radius 2 is 0.785 bits per heavy atom. The molecular formula is C70H127NO8. The highest BCUT2D eigenvalue weighted by Crippen LogP contribution is 2.23. The van der Waals surface area contributed by atoms with Gasteiger partial charge in [0.2, 0.25) is 5.91 Å². The molecule has 460 valence electrons. The Morgan fingerprint density at radius 3 is 1.16 bits per heavy atom. The van der Waals surface area contributed by atoms with E-state index in [1.807, 2.05) is 0 Å². The van der Waals surface area contributed by atoms with Gasteiger partial charge in [-0.25, -0.2) is 0 Å². The van der Waals surface area contributed by atoms with Gasteiger partial charge in [-0.05, 0) is 64.2 Å². The van der Waals surface area contributed by atoms with Gasteiger partial charge in [-0.2, -0.15) is 0 Å². The SMILES string of the molecule is CC/C=C\C/C=C\C/C=C\C/C=C\C/C=C\C/C=C\CCCCCCCCCCCCCCCCCCCCCCCCC(=O)NC(COC1OC(CO)C(O)C(O)C1O)C(O)CCCCCCCCCCCCCCCCC. The smallest absolute Gasteiger partial charge is 0.220 e. The number of carbonyl (C=O) groups is 1. The van der Waals surface area contributed by atoms with Gasteiger partial charge in [-0.3, -0.25) is 4.79 Å². The van der Waals surface area contributed by atoms with Gasteiger partial charge >= 0.3 is 0 Å². The Balaban J connectivity index is 2.03. The summed E-state index contributed by atoms with van der Waals surface area (Å²) in [6.45, 7) is 3.75. The normalized spacial score (nSPS) is 19.0. The van der Waals surface area contributed by atoms with Crippen LogP contribution in [0.3, 0.4) is 0 Å². The van der Waals surface area contributed by atoms with Gasteiger partial charge in [-0.1, -0.05) is 311 Å². The molecule has 0 bridgehead atoms. The van der Waals surface area contributed by atoms with E-state index in [-0.39, 0.29) is 12.5 Å². The molecule has 0 aromatic carbocycles. The van der Waals surface area contributed by atoms with E-state index in [1.165, 1.54) is 205 Å². The zero-order valence-corrected chi connectivity index (χ0v) is 51.4. The molecule has 7 atom stereocenters. The molecule has 79 heavy (non-hydrogen) atoms. The molecule has 1 amide bonds. The third-order valence-electron chi connectivity index (χ3n) is 15.8. The van der Waals surface area contributed by atoms with E-state index in [4.69, 9.17) is 9.47 Å². The molecule has 0 aromatic rings. The van der Waals surface area contributed by atoms with Crippen molar-refractivity contribution in [2.45, 2.75) is 352 Å².